The number of halogens is 1. The van der Waals surface area contributed by atoms with Crippen LogP contribution in [0.1, 0.15) is 37.3 Å². The van der Waals surface area contributed by atoms with Crippen molar-refractivity contribution >= 4 is 5.91 Å². The molecule has 1 aromatic rings. The van der Waals surface area contributed by atoms with Gasteiger partial charge in [-0.2, -0.15) is 0 Å². The molecule has 3 N–H and O–H groups in total. The van der Waals surface area contributed by atoms with Gasteiger partial charge in [0, 0.05) is 0 Å². The Balaban J connectivity index is 2.17. The Morgan fingerprint density at radius 1 is 1.33 bits per heavy atom. The fourth-order valence-corrected chi connectivity index (χ4v) is 2.67. The van der Waals surface area contributed by atoms with Crippen LogP contribution in [-0.4, -0.2) is 12.5 Å². The number of carbonyl (C=O) groups excluding carboxylic acids is 1. The van der Waals surface area contributed by atoms with Gasteiger partial charge < -0.3 is 11.1 Å². The van der Waals surface area contributed by atoms with E-state index in [9.17, 15) is 9.18 Å². The van der Waals surface area contributed by atoms with Crippen LogP contribution in [0.3, 0.4) is 0 Å². The van der Waals surface area contributed by atoms with E-state index in [2.05, 4.69) is 5.32 Å². The Labute approximate surface area is 107 Å². The first-order valence-corrected chi connectivity index (χ1v) is 6.45. The fraction of sp³-hybridized carbons (Fsp3) is 0.500. The monoisotopic (exact) mass is 250 g/mol. The molecule has 0 radical (unpaired) electrons. The highest BCUT2D eigenvalue weighted by molar-refractivity contribution is 5.78. The van der Waals surface area contributed by atoms with Crippen LogP contribution in [0.2, 0.25) is 0 Å². The number of hydrogen-bond donors (Lipinski definition) is 2. The minimum Gasteiger partial charge on any atom is -0.348 e. The molecule has 1 saturated carbocycles. The van der Waals surface area contributed by atoms with Gasteiger partial charge in [-0.05, 0) is 36.5 Å². The molecule has 1 aliphatic rings. The summed E-state index contributed by atoms with van der Waals surface area (Å²) in [5.74, 6) is 0.0243. The summed E-state index contributed by atoms with van der Waals surface area (Å²) in [7, 11) is 0. The number of nitrogens with one attached hydrogen (secondary N) is 1. The van der Waals surface area contributed by atoms with E-state index < -0.39 is 0 Å². The summed E-state index contributed by atoms with van der Waals surface area (Å²) in [5, 5.41) is 2.96. The van der Waals surface area contributed by atoms with Gasteiger partial charge in [-0.15, -0.1) is 0 Å². The lowest BCUT2D eigenvalue weighted by molar-refractivity contribution is -0.120. The topological polar surface area (TPSA) is 55.1 Å². The van der Waals surface area contributed by atoms with Crippen molar-refractivity contribution in [2.45, 2.75) is 31.7 Å². The maximum absolute atomic E-state index is 12.9. The molecule has 1 atom stereocenters. The first-order chi connectivity index (χ1) is 8.70. The summed E-state index contributed by atoms with van der Waals surface area (Å²) in [6.07, 6.45) is 4.60. The molecule has 2 rings (SSSR count). The molecule has 1 fully saturated rings. The highest BCUT2D eigenvalue weighted by Gasteiger charge is 2.27. The summed E-state index contributed by atoms with van der Waals surface area (Å²) < 4.78 is 12.9. The highest BCUT2D eigenvalue weighted by Crippen LogP contribution is 2.35. The molecular weight excluding hydrogens is 231 g/mol. The molecule has 0 saturated heterocycles. The number of benzene rings is 1. The van der Waals surface area contributed by atoms with Crippen molar-refractivity contribution in [1.82, 2.24) is 5.32 Å². The number of rotatable bonds is 4. The lowest BCUT2D eigenvalue weighted by Gasteiger charge is -2.25. The van der Waals surface area contributed by atoms with Gasteiger partial charge in [0.1, 0.15) is 5.82 Å². The summed E-state index contributed by atoms with van der Waals surface area (Å²) in [4.78, 5) is 11.5. The van der Waals surface area contributed by atoms with E-state index in [1.807, 2.05) is 0 Å². The number of amides is 1. The standard InChI is InChI=1S/C14H19FN2O/c15-12-7-5-11(6-8-12)14(17-13(18)9-16)10-3-1-2-4-10/h5-8,10,14H,1-4,9,16H2,(H,17,18). The summed E-state index contributed by atoms with van der Waals surface area (Å²) in [6.45, 7) is -0.00951. The van der Waals surface area contributed by atoms with Gasteiger partial charge in [0.15, 0.2) is 0 Å². The molecule has 1 aromatic carbocycles. The molecular formula is C14H19FN2O. The van der Waals surface area contributed by atoms with Crippen LogP contribution in [0.25, 0.3) is 0 Å². The molecule has 1 aliphatic carbocycles. The SMILES string of the molecule is NCC(=O)NC(c1ccc(F)cc1)C1CCCC1. The van der Waals surface area contributed by atoms with Crippen molar-refractivity contribution in [3.8, 4) is 0 Å². The van der Waals surface area contributed by atoms with E-state index in [1.54, 1.807) is 12.1 Å². The van der Waals surface area contributed by atoms with Crippen LogP contribution >= 0.6 is 0 Å². The van der Waals surface area contributed by atoms with Crippen LogP contribution < -0.4 is 11.1 Å². The van der Waals surface area contributed by atoms with Crippen molar-refractivity contribution in [3.05, 3.63) is 35.6 Å². The van der Waals surface area contributed by atoms with Crippen molar-refractivity contribution < 1.29 is 9.18 Å². The average molecular weight is 250 g/mol. The number of hydrogen-bond acceptors (Lipinski definition) is 2. The number of nitrogens with two attached hydrogens (primary N) is 1. The molecule has 3 nitrogen and oxygen atoms in total. The Morgan fingerprint density at radius 2 is 1.94 bits per heavy atom. The molecule has 0 aromatic heterocycles. The molecule has 1 unspecified atom stereocenters. The summed E-state index contributed by atoms with van der Waals surface area (Å²) >= 11 is 0. The zero-order valence-electron chi connectivity index (χ0n) is 10.4. The first-order valence-electron chi connectivity index (χ1n) is 6.45. The Kier molecular flexibility index (Phi) is 4.31. The van der Waals surface area contributed by atoms with Crippen molar-refractivity contribution in [2.24, 2.45) is 11.7 Å². The first kappa shape index (κ1) is 13.0. The minimum atomic E-state index is -0.255. The second-order valence-electron chi connectivity index (χ2n) is 4.85. The third-order valence-corrected chi connectivity index (χ3v) is 3.60. The average Bonchev–Trinajstić information content (AvgIpc) is 2.90. The third-order valence-electron chi connectivity index (χ3n) is 3.60. The van der Waals surface area contributed by atoms with E-state index in [-0.39, 0.29) is 24.3 Å². The zero-order valence-corrected chi connectivity index (χ0v) is 10.4. The second-order valence-corrected chi connectivity index (χ2v) is 4.85. The summed E-state index contributed by atoms with van der Waals surface area (Å²) in [5.41, 5.74) is 6.31. The van der Waals surface area contributed by atoms with Gasteiger partial charge in [0.05, 0.1) is 12.6 Å². The molecule has 0 spiro atoms. The summed E-state index contributed by atoms with van der Waals surface area (Å²) in [6, 6.07) is 6.33. The van der Waals surface area contributed by atoms with Crippen LogP contribution in [0.15, 0.2) is 24.3 Å². The van der Waals surface area contributed by atoms with E-state index in [0.29, 0.717) is 5.92 Å². The molecule has 0 bridgehead atoms. The Bertz CT molecular complexity index is 399. The quantitative estimate of drug-likeness (QED) is 0.860. The van der Waals surface area contributed by atoms with Gasteiger partial charge in [-0.25, -0.2) is 4.39 Å². The predicted molar refractivity (Wildman–Crippen MR) is 68.3 cm³/mol. The molecule has 18 heavy (non-hydrogen) atoms. The Morgan fingerprint density at radius 3 is 2.50 bits per heavy atom. The van der Waals surface area contributed by atoms with Gasteiger partial charge in [0.2, 0.25) is 5.91 Å². The maximum atomic E-state index is 12.9. The van der Waals surface area contributed by atoms with Crippen LogP contribution in [-0.2, 0) is 4.79 Å². The second kappa shape index (κ2) is 5.96. The normalized spacial score (nSPS) is 17.7. The largest absolute Gasteiger partial charge is 0.348 e. The van der Waals surface area contributed by atoms with Crippen LogP contribution in [0, 0.1) is 11.7 Å². The number of carbonyl (C=O) groups is 1. The molecule has 1 amide bonds. The third kappa shape index (κ3) is 3.07. The molecule has 4 heteroatoms. The van der Waals surface area contributed by atoms with Crippen LogP contribution in [0.4, 0.5) is 4.39 Å². The minimum absolute atomic E-state index is 0.00951. The van der Waals surface area contributed by atoms with Crippen molar-refractivity contribution in [2.75, 3.05) is 6.54 Å². The van der Waals surface area contributed by atoms with E-state index in [0.717, 1.165) is 18.4 Å². The Hall–Kier alpha value is -1.42. The van der Waals surface area contributed by atoms with Gasteiger partial charge in [-0.1, -0.05) is 25.0 Å². The van der Waals surface area contributed by atoms with E-state index >= 15 is 0 Å². The van der Waals surface area contributed by atoms with Crippen molar-refractivity contribution in [1.29, 1.82) is 0 Å². The predicted octanol–water partition coefficient (Wildman–Crippen LogP) is 2.13. The van der Waals surface area contributed by atoms with Gasteiger partial charge in [0.25, 0.3) is 0 Å². The lowest BCUT2D eigenvalue weighted by atomic mass is 9.91. The molecule has 0 heterocycles. The highest BCUT2D eigenvalue weighted by atomic mass is 19.1. The van der Waals surface area contributed by atoms with Gasteiger partial charge in [-0.3, -0.25) is 4.79 Å². The molecule has 0 aliphatic heterocycles. The zero-order chi connectivity index (χ0) is 13.0. The lowest BCUT2D eigenvalue weighted by Crippen LogP contribution is -2.36. The fourth-order valence-electron chi connectivity index (χ4n) is 2.67. The van der Waals surface area contributed by atoms with E-state index in [4.69, 9.17) is 5.73 Å². The van der Waals surface area contributed by atoms with Crippen LogP contribution in [0.5, 0.6) is 0 Å². The van der Waals surface area contributed by atoms with Gasteiger partial charge >= 0.3 is 0 Å². The maximum Gasteiger partial charge on any atom is 0.234 e. The smallest absolute Gasteiger partial charge is 0.234 e. The van der Waals surface area contributed by atoms with Crippen molar-refractivity contribution in [3.63, 3.8) is 0 Å². The van der Waals surface area contributed by atoms with E-state index in [1.165, 1.54) is 25.0 Å². The molecule has 98 valence electrons.